The van der Waals surface area contributed by atoms with Gasteiger partial charge >= 0.3 is 0 Å². The molecule has 4 nitrogen and oxygen atoms in total. The second-order valence-corrected chi connectivity index (χ2v) is 6.57. The smallest absolute Gasteiger partial charge is 0.238 e. The first-order valence-corrected chi connectivity index (χ1v) is 9.08. The Hall–Kier alpha value is -3.38. The van der Waals surface area contributed by atoms with E-state index < -0.39 is 6.04 Å². The average Bonchev–Trinajstić information content (AvgIpc) is 2.71. The molecule has 148 valence electrons. The lowest BCUT2D eigenvalue weighted by Crippen LogP contribution is -2.32. The van der Waals surface area contributed by atoms with Gasteiger partial charge in [-0.25, -0.2) is 8.78 Å². The van der Waals surface area contributed by atoms with Gasteiger partial charge in [-0.2, -0.15) is 0 Å². The van der Waals surface area contributed by atoms with Crippen molar-refractivity contribution in [2.45, 2.75) is 13.0 Å². The fourth-order valence-electron chi connectivity index (χ4n) is 3.03. The van der Waals surface area contributed by atoms with Crippen molar-refractivity contribution in [1.82, 2.24) is 5.32 Å². The SMILES string of the molecule is CC(=O)c1ccccc1NC(=O)CNC(c1ccc(F)cc1)c1ccc(F)cc1. The van der Waals surface area contributed by atoms with Gasteiger partial charge in [-0.1, -0.05) is 36.4 Å². The summed E-state index contributed by atoms with van der Waals surface area (Å²) in [6.45, 7) is 1.37. The van der Waals surface area contributed by atoms with Crippen molar-refractivity contribution in [3.05, 3.63) is 101 Å². The maximum absolute atomic E-state index is 13.3. The fraction of sp³-hybridized carbons (Fsp3) is 0.130. The highest BCUT2D eigenvalue weighted by Gasteiger charge is 2.16. The van der Waals surface area contributed by atoms with Crippen molar-refractivity contribution >= 4 is 17.4 Å². The number of anilines is 1. The minimum Gasteiger partial charge on any atom is -0.324 e. The van der Waals surface area contributed by atoms with Crippen LogP contribution in [0.5, 0.6) is 0 Å². The van der Waals surface area contributed by atoms with E-state index in [9.17, 15) is 18.4 Å². The van der Waals surface area contributed by atoms with Crippen LogP contribution in [0, 0.1) is 11.6 Å². The quantitative estimate of drug-likeness (QED) is 0.581. The van der Waals surface area contributed by atoms with E-state index in [0.29, 0.717) is 11.3 Å². The van der Waals surface area contributed by atoms with E-state index in [1.807, 2.05) is 0 Å². The van der Waals surface area contributed by atoms with Crippen molar-refractivity contribution in [2.24, 2.45) is 0 Å². The molecule has 3 rings (SSSR count). The van der Waals surface area contributed by atoms with Crippen LogP contribution >= 0.6 is 0 Å². The minimum atomic E-state index is -0.440. The minimum absolute atomic E-state index is 0.0638. The third-order valence-electron chi connectivity index (χ3n) is 4.45. The summed E-state index contributed by atoms with van der Waals surface area (Å²) in [5.74, 6) is -1.23. The summed E-state index contributed by atoms with van der Waals surface area (Å²) in [4.78, 5) is 24.2. The highest BCUT2D eigenvalue weighted by atomic mass is 19.1. The normalized spacial score (nSPS) is 10.8. The van der Waals surface area contributed by atoms with E-state index >= 15 is 0 Å². The van der Waals surface area contributed by atoms with Gasteiger partial charge in [0, 0.05) is 5.56 Å². The van der Waals surface area contributed by atoms with Gasteiger partial charge in [0.1, 0.15) is 11.6 Å². The molecule has 1 amide bonds. The maximum Gasteiger partial charge on any atom is 0.238 e. The first-order valence-electron chi connectivity index (χ1n) is 9.08. The number of hydrogen-bond donors (Lipinski definition) is 2. The second-order valence-electron chi connectivity index (χ2n) is 6.57. The third kappa shape index (κ3) is 5.33. The Kier molecular flexibility index (Phi) is 6.46. The summed E-state index contributed by atoms with van der Waals surface area (Å²) < 4.78 is 26.6. The van der Waals surface area contributed by atoms with E-state index in [0.717, 1.165) is 11.1 Å². The summed E-state index contributed by atoms with van der Waals surface area (Å²) in [5, 5.41) is 5.84. The van der Waals surface area contributed by atoms with E-state index in [-0.39, 0.29) is 29.9 Å². The molecule has 0 saturated heterocycles. The van der Waals surface area contributed by atoms with Crippen LogP contribution in [0.4, 0.5) is 14.5 Å². The van der Waals surface area contributed by atoms with Crippen molar-refractivity contribution in [3.63, 3.8) is 0 Å². The number of amides is 1. The number of carbonyl (C=O) groups is 2. The molecule has 29 heavy (non-hydrogen) atoms. The monoisotopic (exact) mass is 394 g/mol. The molecule has 0 bridgehead atoms. The molecule has 0 aromatic heterocycles. The summed E-state index contributed by atoms with van der Waals surface area (Å²) in [6.07, 6.45) is 0. The molecule has 3 aromatic rings. The number of rotatable bonds is 7. The molecule has 0 aliphatic carbocycles. The molecule has 6 heteroatoms. The van der Waals surface area contributed by atoms with Crippen molar-refractivity contribution in [2.75, 3.05) is 11.9 Å². The predicted octanol–water partition coefficient (Wildman–Crippen LogP) is 4.49. The lowest BCUT2D eigenvalue weighted by Gasteiger charge is -2.20. The van der Waals surface area contributed by atoms with Crippen molar-refractivity contribution in [3.8, 4) is 0 Å². The Bertz CT molecular complexity index is 957. The van der Waals surface area contributed by atoms with Crippen LogP contribution in [-0.4, -0.2) is 18.2 Å². The van der Waals surface area contributed by atoms with E-state index in [4.69, 9.17) is 0 Å². The Balaban J connectivity index is 1.76. The summed E-state index contributed by atoms with van der Waals surface area (Å²) in [6, 6.07) is 18.1. The standard InChI is InChI=1S/C23H20F2N2O2/c1-15(28)20-4-2-3-5-21(20)27-22(29)14-26-23(16-6-10-18(24)11-7-16)17-8-12-19(25)13-9-17/h2-13,23,26H,14H2,1H3,(H,27,29). The zero-order valence-corrected chi connectivity index (χ0v) is 15.8. The number of ketones is 1. The molecule has 0 spiro atoms. The molecule has 2 N–H and O–H groups in total. The van der Waals surface area contributed by atoms with Gasteiger partial charge in [0.2, 0.25) is 5.91 Å². The number of nitrogens with one attached hydrogen (secondary N) is 2. The van der Waals surface area contributed by atoms with Crippen molar-refractivity contribution in [1.29, 1.82) is 0 Å². The summed E-state index contributed by atoms with van der Waals surface area (Å²) in [7, 11) is 0. The van der Waals surface area contributed by atoms with Gasteiger partial charge in [0.05, 0.1) is 18.3 Å². The van der Waals surface area contributed by atoms with Crippen LogP contribution in [0.25, 0.3) is 0 Å². The maximum atomic E-state index is 13.3. The third-order valence-corrected chi connectivity index (χ3v) is 4.45. The molecule has 0 saturated carbocycles. The Morgan fingerprint density at radius 3 is 1.86 bits per heavy atom. The predicted molar refractivity (Wildman–Crippen MR) is 108 cm³/mol. The molecule has 0 radical (unpaired) electrons. The van der Waals surface area contributed by atoms with Gasteiger partial charge in [-0.15, -0.1) is 0 Å². The second kappa shape index (κ2) is 9.21. The average molecular weight is 394 g/mol. The summed E-state index contributed by atoms with van der Waals surface area (Å²) in [5.41, 5.74) is 2.33. The molecule has 0 fully saturated rings. The number of benzene rings is 3. The topological polar surface area (TPSA) is 58.2 Å². The highest BCUT2D eigenvalue weighted by molar-refractivity contribution is 6.04. The lowest BCUT2D eigenvalue weighted by atomic mass is 9.98. The Morgan fingerprint density at radius 2 is 1.34 bits per heavy atom. The van der Waals surface area contributed by atoms with E-state index in [1.165, 1.54) is 31.2 Å². The first kappa shape index (κ1) is 20.4. The number of halogens is 2. The van der Waals surface area contributed by atoms with Gasteiger partial charge in [-0.05, 0) is 54.4 Å². The fourth-order valence-corrected chi connectivity index (χ4v) is 3.03. The van der Waals surface area contributed by atoms with Crippen LogP contribution in [0.2, 0.25) is 0 Å². The summed E-state index contributed by atoms with van der Waals surface area (Å²) >= 11 is 0. The first-order chi connectivity index (χ1) is 13.9. The Labute approximate surface area is 167 Å². The number of Topliss-reactive ketones (excluding diaryl/α,β-unsaturated/α-hetero) is 1. The van der Waals surface area contributed by atoms with Crippen LogP contribution in [0.15, 0.2) is 72.8 Å². The molecule has 3 aromatic carbocycles. The number of carbonyl (C=O) groups excluding carboxylic acids is 2. The van der Waals surface area contributed by atoms with E-state index in [2.05, 4.69) is 10.6 Å². The molecule has 0 heterocycles. The highest BCUT2D eigenvalue weighted by Crippen LogP contribution is 2.23. The molecular formula is C23H20F2N2O2. The van der Waals surface area contributed by atoms with Gasteiger partial charge in [0.15, 0.2) is 5.78 Å². The number of hydrogen-bond acceptors (Lipinski definition) is 3. The Morgan fingerprint density at radius 1 is 0.828 bits per heavy atom. The lowest BCUT2D eigenvalue weighted by molar-refractivity contribution is -0.115. The van der Waals surface area contributed by atoms with Crippen LogP contribution < -0.4 is 10.6 Å². The molecule has 0 atom stereocenters. The van der Waals surface area contributed by atoms with Crippen LogP contribution in [0.1, 0.15) is 34.5 Å². The largest absolute Gasteiger partial charge is 0.324 e. The zero-order chi connectivity index (χ0) is 20.8. The molecule has 0 unspecified atom stereocenters. The van der Waals surface area contributed by atoms with Crippen molar-refractivity contribution < 1.29 is 18.4 Å². The van der Waals surface area contributed by atoms with Gasteiger partial charge < -0.3 is 5.32 Å². The van der Waals surface area contributed by atoms with Gasteiger partial charge in [0.25, 0.3) is 0 Å². The molecular weight excluding hydrogens is 374 g/mol. The van der Waals surface area contributed by atoms with Gasteiger partial charge in [-0.3, -0.25) is 14.9 Å². The zero-order valence-electron chi connectivity index (χ0n) is 15.8. The van der Waals surface area contributed by atoms with Crippen LogP contribution in [0.3, 0.4) is 0 Å². The number of para-hydroxylation sites is 1. The molecule has 0 aliphatic heterocycles. The van der Waals surface area contributed by atoms with Crippen LogP contribution in [-0.2, 0) is 4.79 Å². The molecule has 0 aliphatic rings. The van der Waals surface area contributed by atoms with E-state index in [1.54, 1.807) is 48.5 Å².